The lowest BCUT2D eigenvalue weighted by atomic mass is 9.82. The van der Waals surface area contributed by atoms with Crippen molar-refractivity contribution in [2.24, 2.45) is 0 Å². The zero-order valence-corrected chi connectivity index (χ0v) is 27.5. The third kappa shape index (κ3) is 6.37. The van der Waals surface area contributed by atoms with Crippen LogP contribution in [0.25, 0.3) is 22.2 Å². The summed E-state index contributed by atoms with van der Waals surface area (Å²) in [5.74, 6) is -3.67. The van der Waals surface area contributed by atoms with Gasteiger partial charge in [0.25, 0.3) is 6.43 Å². The summed E-state index contributed by atoms with van der Waals surface area (Å²) in [6, 6.07) is 0.730. The van der Waals surface area contributed by atoms with Crippen LogP contribution < -0.4 is 15.4 Å². The quantitative estimate of drug-likeness (QED) is 0.254. The van der Waals surface area contributed by atoms with Crippen LogP contribution in [0.3, 0.4) is 0 Å². The molecule has 0 bridgehead atoms. The van der Waals surface area contributed by atoms with E-state index in [9.17, 15) is 31.1 Å². The van der Waals surface area contributed by atoms with Gasteiger partial charge in [0.1, 0.15) is 33.8 Å². The average Bonchev–Trinajstić information content (AvgIpc) is 2.93. The van der Waals surface area contributed by atoms with Gasteiger partial charge in [-0.05, 0) is 78.5 Å². The minimum atomic E-state index is -5.16. The van der Waals surface area contributed by atoms with E-state index in [-0.39, 0.29) is 24.1 Å². The molecular formula is C32H37F7N6O3. The molecule has 5 rings (SSSR count). The molecule has 3 aromatic rings. The van der Waals surface area contributed by atoms with Gasteiger partial charge in [0, 0.05) is 36.7 Å². The number of anilines is 2. The van der Waals surface area contributed by atoms with Gasteiger partial charge in [0.2, 0.25) is 11.8 Å². The number of hydrogen-bond donors (Lipinski definition) is 1. The summed E-state index contributed by atoms with van der Waals surface area (Å²) in [4.78, 5) is 28.3. The highest BCUT2D eigenvalue weighted by molar-refractivity contribution is 5.96. The number of ether oxygens (including phenoxy) is 2. The van der Waals surface area contributed by atoms with Crippen LogP contribution in [0.15, 0.2) is 6.07 Å². The third-order valence-electron chi connectivity index (χ3n) is 8.89. The van der Waals surface area contributed by atoms with E-state index in [1.807, 2.05) is 6.92 Å². The number of carbonyl (C=O) groups is 1. The Labute approximate surface area is 272 Å². The second kappa shape index (κ2) is 12.1. The number of halogens is 7. The number of aromatic nitrogens is 3. The monoisotopic (exact) mass is 686 g/mol. The van der Waals surface area contributed by atoms with E-state index in [0.29, 0.717) is 13.0 Å². The van der Waals surface area contributed by atoms with Crippen LogP contribution in [-0.2, 0) is 10.9 Å². The third-order valence-corrected chi connectivity index (χ3v) is 8.89. The predicted octanol–water partition coefficient (Wildman–Crippen LogP) is 7.59. The van der Waals surface area contributed by atoms with Gasteiger partial charge in [-0.3, -0.25) is 0 Å². The van der Waals surface area contributed by atoms with Crippen LogP contribution in [0.1, 0.15) is 70.6 Å². The van der Waals surface area contributed by atoms with Gasteiger partial charge >= 0.3 is 12.3 Å². The van der Waals surface area contributed by atoms with E-state index in [1.165, 1.54) is 11.8 Å². The highest BCUT2D eigenvalue weighted by Crippen LogP contribution is 2.45. The largest absolute Gasteiger partial charge is 0.468 e. The molecule has 3 atom stereocenters. The van der Waals surface area contributed by atoms with Crippen molar-refractivity contribution in [1.29, 1.82) is 0 Å². The van der Waals surface area contributed by atoms with Crippen LogP contribution in [0.5, 0.6) is 5.88 Å². The van der Waals surface area contributed by atoms with Crippen molar-refractivity contribution in [3.05, 3.63) is 34.4 Å². The normalized spacial score (nSPS) is 20.5. The number of nitrogens with zero attached hydrogens (tertiary/aromatic N) is 5. The number of likely N-dealkylation sites (tertiary alicyclic amines) is 1. The van der Waals surface area contributed by atoms with E-state index >= 15 is 4.39 Å². The zero-order valence-electron chi connectivity index (χ0n) is 27.5. The van der Waals surface area contributed by atoms with Crippen molar-refractivity contribution in [1.82, 2.24) is 19.9 Å². The number of benzene rings is 1. The van der Waals surface area contributed by atoms with E-state index < -0.39 is 99.0 Å². The molecule has 262 valence electrons. The molecule has 9 nitrogen and oxygen atoms in total. The molecule has 0 radical (unpaired) electrons. The molecule has 2 saturated heterocycles. The van der Waals surface area contributed by atoms with Crippen LogP contribution in [-0.4, -0.2) is 68.7 Å². The van der Waals surface area contributed by atoms with Crippen LogP contribution >= 0.6 is 0 Å². The Balaban J connectivity index is 1.68. The average molecular weight is 687 g/mol. The Morgan fingerprint density at radius 1 is 1.10 bits per heavy atom. The molecule has 4 heterocycles. The maximum atomic E-state index is 16.5. The summed E-state index contributed by atoms with van der Waals surface area (Å²) in [5, 5.41) is -0.425. The smallest absolute Gasteiger partial charge is 0.417 e. The molecule has 16 heteroatoms. The first-order valence-electron chi connectivity index (χ1n) is 15.4. The van der Waals surface area contributed by atoms with Gasteiger partial charge in [0.15, 0.2) is 11.9 Å². The van der Waals surface area contributed by atoms with Gasteiger partial charge < -0.3 is 25.0 Å². The lowest BCUT2D eigenvalue weighted by molar-refractivity contribution is -0.137. The maximum absolute atomic E-state index is 16.5. The Morgan fingerprint density at radius 3 is 2.27 bits per heavy atom. The van der Waals surface area contributed by atoms with Gasteiger partial charge in [-0.25, -0.2) is 32.3 Å². The first-order valence-corrected chi connectivity index (χ1v) is 15.4. The molecule has 48 heavy (non-hydrogen) atoms. The Hall–Kier alpha value is -4.11. The van der Waals surface area contributed by atoms with Crippen LogP contribution in [0.2, 0.25) is 0 Å². The molecule has 2 aliphatic rings. The Morgan fingerprint density at radius 2 is 1.77 bits per heavy atom. The van der Waals surface area contributed by atoms with E-state index in [1.54, 1.807) is 32.6 Å². The van der Waals surface area contributed by atoms with Crippen LogP contribution in [0.4, 0.5) is 47.3 Å². The fourth-order valence-electron chi connectivity index (χ4n) is 6.08. The number of amides is 1. The number of nitrogens with two attached hydrogens (primary N) is 1. The highest BCUT2D eigenvalue weighted by Gasteiger charge is 2.49. The molecule has 1 amide bonds. The molecule has 2 aromatic heterocycles. The van der Waals surface area contributed by atoms with Crippen molar-refractivity contribution in [3.63, 3.8) is 0 Å². The summed E-state index contributed by atoms with van der Waals surface area (Å²) >= 11 is 0. The van der Waals surface area contributed by atoms with Crippen LogP contribution in [0, 0.1) is 25.5 Å². The molecule has 2 N–H and O–H groups in total. The van der Waals surface area contributed by atoms with Gasteiger partial charge in [0.05, 0.1) is 5.56 Å². The fourth-order valence-corrected chi connectivity index (χ4v) is 6.08. The van der Waals surface area contributed by atoms with Gasteiger partial charge in [-0.15, -0.1) is 0 Å². The minimum Gasteiger partial charge on any atom is -0.468 e. The number of carbonyl (C=O) groups excluding carboxylic acids is 1. The summed E-state index contributed by atoms with van der Waals surface area (Å²) in [7, 11) is 0. The first-order chi connectivity index (χ1) is 22.1. The number of aryl methyl sites for hydroxylation is 1. The summed E-state index contributed by atoms with van der Waals surface area (Å²) in [6.45, 7) is 11.2. The lowest BCUT2D eigenvalue weighted by Gasteiger charge is -2.51. The van der Waals surface area contributed by atoms with Gasteiger partial charge in [-0.1, -0.05) is 0 Å². The van der Waals surface area contributed by atoms with E-state index in [2.05, 4.69) is 15.0 Å². The van der Waals surface area contributed by atoms with Crippen molar-refractivity contribution in [3.8, 4) is 17.1 Å². The zero-order chi connectivity index (χ0) is 35.7. The summed E-state index contributed by atoms with van der Waals surface area (Å²) < 4.78 is 115. The number of hydrogen-bond acceptors (Lipinski definition) is 8. The predicted molar refractivity (Wildman–Crippen MR) is 164 cm³/mol. The second-order valence-electron chi connectivity index (χ2n) is 13.7. The molecule has 0 spiro atoms. The summed E-state index contributed by atoms with van der Waals surface area (Å²) in [6.07, 6.45) is -10.4. The molecule has 0 saturated carbocycles. The van der Waals surface area contributed by atoms with Crippen molar-refractivity contribution < 1.29 is 45.0 Å². The lowest BCUT2D eigenvalue weighted by Crippen LogP contribution is -2.63. The molecule has 1 aromatic carbocycles. The molecule has 2 aliphatic heterocycles. The maximum Gasteiger partial charge on any atom is 0.417 e. The number of nitrogen functional groups attached to an aromatic ring is 1. The standard InChI is InChI=1S/C32H37F7N6O3/c1-14-12-17(20(32(37,38)39)16(3)21(14)33)23-22(34)24-19(26(40)43-28(42-24)44-10-8-15(44)2)27(41-23)47-18(25(35)36)13-31(7)9-11-45(31)29(46)48-30(4,5)6/h12,15,18,25H,8-11,13H2,1-7H3,(H2,40,42,43). The minimum absolute atomic E-state index is 0.0244. The number of pyridine rings is 1. The van der Waals surface area contributed by atoms with Gasteiger partial charge in [-0.2, -0.15) is 18.2 Å². The number of rotatable bonds is 7. The first kappa shape index (κ1) is 35.2. The van der Waals surface area contributed by atoms with Crippen molar-refractivity contribution in [2.45, 2.75) is 104 Å². The SMILES string of the molecule is Cc1cc(-c2nc(OC(CC3(C)CCN3C(=O)OC(C)(C)C)C(F)F)c3c(N)nc(N4CCC4C)nc3c2F)c(C(F)(F)F)c(C)c1F. The number of fused-ring (bicyclic) bond motifs is 1. The topological polar surface area (TPSA) is 107 Å². The highest BCUT2D eigenvalue weighted by atomic mass is 19.4. The number of alkyl halides is 5. The fraction of sp³-hybridized carbons (Fsp3) is 0.562. The van der Waals surface area contributed by atoms with Crippen molar-refractivity contribution >= 4 is 28.8 Å². The molecular weight excluding hydrogens is 649 g/mol. The Kier molecular flexibility index (Phi) is 8.87. The summed E-state index contributed by atoms with van der Waals surface area (Å²) in [5.41, 5.74) is -0.704. The van der Waals surface area contributed by atoms with E-state index in [0.717, 1.165) is 19.4 Å². The molecule has 3 unspecified atom stereocenters. The molecule has 2 fully saturated rings. The van der Waals surface area contributed by atoms with E-state index in [4.69, 9.17) is 15.2 Å². The van der Waals surface area contributed by atoms with Crippen molar-refractivity contribution in [2.75, 3.05) is 23.7 Å². The molecule has 0 aliphatic carbocycles. The Bertz CT molecular complexity index is 1760. The second-order valence-corrected chi connectivity index (χ2v) is 13.7.